The van der Waals surface area contributed by atoms with Crippen LogP contribution in [-0.2, 0) is 13.1 Å². The second-order valence-corrected chi connectivity index (χ2v) is 7.01. The average molecular weight is 449 g/mol. The number of carbonyl (C=O) groups is 1. The van der Waals surface area contributed by atoms with Gasteiger partial charge in [0.25, 0.3) is 11.5 Å². The number of aromatic nitrogens is 4. The van der Waals surface area contributed by atoms with Crippen LogP contribution in [0.15, 0.2) is 82.5 Å². The van der Waals surface area contributed by atoms with E-state index >= 15 is 0 Å². The average Bonchev–Trinajstić information content (AvgIpc) is 2.83. The van der Waals surface area contributed by atoms with E-state index in [0.717, 1.165) is 16.8 Å². The number of hydrogen-bond acceptors (Lipinski definition) is 5. The Kier molecular flexibility index (Phi) is 6.16. The van der Waals surface area contributed by atoms with Gasteiger partial charge in [-0.15, -0.1) is 0 Å². The van der Waals surface area contributed by atoms with Crippen molar-refractivity contribution in [1.82, 2.24) is 24.6 Å². The van der Waals surface area contributed by atoms with Crippen LogP contribution in [0.4, 0.5) is 8.78 Å². The van der Waals surface area contributed by atoms with Gasteiger partial charge in [-0.25, -0.2) is 13.6 Å². The van der Waals surface area contributed by atoms with Crippen LogP contribution in [0.25, 0.3) is 5.69 Å². The molecule has 166 valence electrons. The van der Waals surface area contributed by atoms with Crippen LogP contribution in [0, 0.1) is 11.6 Å². The van der Waals surface area contributed by atoms with Crippen molar-refractivity contribution < 1.29 is 13.6 Å². The molecule has 4 rings (SSSR count). The third-order valence-electron chi connectivity index (χ3n) is 4.79. The molecule has 10 heteroatoms. The van der Waals surface area contributed by atoms with Gasteiger partial charge in [-0.3, -0.25) is 19.1 Å². The number of pyridine rings is 1. The first-order valence-electron chi connectivity index (χ1n) is 9.85. The Hall–Kier alpha value is -4.47. The number of benzene rings is 2. The molecule has 1 N–H and O–H groups in total. The first kappa shape index (κ1) is 21.8. The van der Waals surface area contributed by atoms with E-state index in [9.17, 15) is 23.2 Å². The summed E-state index contributed by atoms with van der Waals surface area (Å²) >= 11 is 0. The lowest BCUT2D eigenvalue weighted by atomic mass is 10.2. The van der Waals surface area contributed by atoms with Crippen molar-refractivity contribution in [1.29, 1.82) is 0 Å². The summed E-state index contributed by atoms with van der Waals surface area (Å²) in [5.74, 6) is -2.00. The summed E-state index contributed by atoms with van der Waals surface area (Å²) in [6, 6.07) is 15.6. The third-order valence-corrected chi connectivity index (χ3v) is 4.79. The molecule has 2 heterocycles. The Labute approximate surface area is 185 Å². The summed E-state index contributed by atoms with van der Waals surface area (Å²) in [5.41, 5.74) is -1.72. The maximum absolute atomic E-state index is 14.2. The molecule has 0 fully saturated rings. The Morgan fingerprint density at radius 3 is 2.36 bits per heavy atom. The summed E-state index contributed by atoms with van der Waals surface area (Å²) in [6.07, 6.45) is 1.55. The van der Waals surface area contributed by atoms with E-state index in [-0.39, 0.29) is 17.8 Å². The highest BCUT2D eigenvalue weighted by molar-refractivity contribution is 5.91. The zero-order chi connectivity index (χ0) is 23.4. The van der Waals surface area contributed by atoms with Gasteiger partial charge in [-0.2, -0.15) is 9.78 Å². The monoisotopic (exact) mass is 449 g/mol. The van der Waals surface area contributed by atoms with Crippen LogP contribution in [0.1, 0.15) is 21.7 Å². The van der Waals surface area contributed by atoms with Gasteiger partial charge in [0.2, 0.25) is 5.69 Å². The lowest BCUT2D eigenvalue weighted by molar-refractivity contribution is 0.0940. The number of halogens is 2. The Morgan fingerprint density at radius 2 is 1.67 bits per heavy atom. The van der Waals surface area contributed by atoms with Crippen LogP contribution >= 0.6 is 0 Å². The minimum absolute atomic E-state index is 0.0176. The van der Waals surface area contributed by atoms with E-state index in [1.807, 2.05) is 0 Å². The van der Waals surface area contributed by atoms with E-state index in [4.69, 9.17) is 0 Å². The molecule has 0 saturated heterocycles. The number of nitrogens with one attached hydrogen (secondary N) is 1. The molecule has 2 aromatic carbocycles. The van der Waals surface area contributed by atoms with Gasteiger partial charge in [0.15, 0.2) is 0 Å². The molecule has 4 aromatic rings. The maximum Gasteiger partial charge on any atom is 0.352 e. The largest absolute Gasteiger partial charge is 0.352 e. The van der Waals surface area contributed by atoms with Crippen LogP contribution in [-0.4, -0.2) is 25.2 Å². The quantitative estimate of drug-likeness (QED) is 0.486. The predicted octanol–water partition coefficient (Wildman–Crippen LogP) is 2.05. The molecule has 2 aromatic heterocycles. The van der Waals surface area contributed by atoms with E-state index in [1.54, 1.807) is 30.5 Å². The molecule has 0 aliphatic carbocycles. The Balaban J connectivity index is 1.79. The molecule has 0 radical (unpaired) electrons. The van der Waals surface area contributed by atoms with Crippen molar-refractivity contribution in [2.75, 3.05) is 0 Å². The third kappa shape index (κ3) is 4.74. The van der Waals surface area contributed by atoms with Crippen LogP contribution in [0.3, 0.4) is 0 Å². The number of hydrogen-bond donors (Lipinski definition) is 1. The summed E-state index contributed by atoms with van der Waals surface area (Å²) in [7, 11) is 0. The molecule has 33 heavy (non-hydrogen) atoms. The van der Waals surface area contributed by atoms with Crippen LogP contribution < -0.4 is 16.6 Å². The van der Waals surface area contributed by atoms with Gasteiger partial charge in [-0.1, -0.05) is 24.3 Å². The molecule has 0 bridgehead atoms. The van der Waals surface area contributed by atoms with Crippen molar-refractivity contribution in [3.63, 3.8) is 0 Å². The molecule has 0 spiro atoms. The van der Waals surface area contributed by atoms with Gasteiger partial charge in [0.05, 0.1) is 24.5 Å². The Bertz CT molecular complexity index is 1420. The van der Waals surface area contributed by atoms with Gasteiger partial charge in [0.1, 0.15) is 11.6 Å². The second kappa shape index (κ2) is 9.35. The van der Waals surface area contributed by atoms with E-state index in [0.29, 0.717) is 10.3 Å². The SMILES string of the molecule is O=C(NCc1ccccn1)c1nn(-c2ccc(F)cc2)c(=O)n(Cc2ccccc2F)c1=O. The maximum atomic E-state index is 14.2. The molecule has 0 aliphatic heterocycles. The topological polar surface area (TPSA) is 98.9 Å². The van der Waals surface area contributed by atoms with Crippen molar-refractivity contribution >= 4 is 5.91 Å². The Morgan fingerprint density at radius 1 is 0.939 bits per heavy atom. The van der Waals surface area contributed by atoms with E-state index in [1.165, 1.54) is 30.3 Å². The zero-order valence-corrected chi connectivity index (χ0v) is 17.1. The van der Waals surface area contributed by atoms with Gasteiger partial charge in [0, 0.05) is 11.8 Å². The fourth-order valence-electron chi connectivity index (χ4n) is 3.10. The fourth-order valence-corrected chi connectivity index (χ4v) is 3.10. The van der Waals surface area contributed by atoms with Gasteiger partial charge in [-0.05, 0) is 42.5 Å². The van der Waals surface area contributed by atoms with Crippen molar-refractivity contribution in [2.45, 2.75) is 13.1 Å². The normalized spacial score (nSPS) is 10.7. The first-order chi connectivity index (χ1) is 15.9. The fraction of sp³-hybridized carbons (Fsp3) is 0.0870. The van der Waals surface area contributed by atoms with Crippen molar-refractivity contribution in [3.8, 4) is 5.69 Å². The number of carbonyl (C=O) groups excluding carboxylic acids is 1. The highest BCUT2D eigenvalue weighted by Crippen LogP contribution is 2.08. The molecule has 0 saturated carbocycles. The van der Waals surface area contributed by atoms with Crippen molar-refractivity contribution in [2.24, 2.45) is 0 Å². The number of amides is 1. The number of rotatable bonds is 6. The van der Waals surface area contributed by atoms with Gasteiger partial charge < -0.3 is 5.32 Å². The van der Waals surface area contributed by atoms with E-state index < -0.39 is 41.0 Å². The van der Waals surface area contributed by atoms with Crippen LogP contribution in [0.5, 0.6) is 0 Å². The summed E-state index contributed by atoms with van der Waals surface area (Å²) in [5, 5.41) is 6.47. The van der Waals surface area contributed by atoms with E-state index in [2.05, 4.69) is 15.4 Å². The summed E-state index contributed by atoms with van der Waals surface area (Å²) in [4.78, 5) is 43.0. The smallest absolute Gasteiger partial charge is 0.345 e. The van der Waals surface area contributed by atoms with Gasteiger partial charge >= 0.3 is 5.69 Å². The molecular weight excluding hydrogens is 432 g/mol. The molecular formula is C23H17F2N5O3. The number of nitrogens with zero attached hydrogens (tertiary/aromatic N) is 4. The minimum atomic E-state index is -0.986. The van der Waals surface area contributed by atoms with Crippen LogP contribution in [0.2, 0.25) is 0 Å². The lowest BCUT2D eigenvalue weighted by Crippen LogP contribution is -2.46. The summed E-state index contributed by atoms with van der Waals surface area (Å²) < 4.78 is 29.1. The molecule has 1 amide bonds. The molecule has 0 atom stereocenters. The van der Waals surface area contributed by atoms with Crippen molar-refractivity contribution in [3.05, 3.63) is 122 Å². The lowest BCUT2D eigenvalue weighted by Gasteiger charge is -2.12. The minimum Gasteiger partial charge on any atom is -0.345 e. The summed E-state index contributed by atoms with van der Waals surface area (Å²) in [6.45, 7) is -0.404. The molecule has 8 nitrogen and oxygen atoms in total. The standard InChI is InChI=1S/C23H17F2N5O3/c24-16-8-10-18(11-9-16)30-23(33)29(14-15-5-1-2-7-19(15)25)22(32)20(28-30)21(31)27-13-17-6-3-4-12-26-17/h1-12H,13-14H2,(H,27,31). The zero-order valence-electron chi connectivity index (χ0n) is 17.1. The highest BCUT2D eigenvalue weighted by atomic mass is 19.1. The first-order valence-corrected chi connectivity index (χ1v) is 9.85. The molecule has 0 unspecified atom stereocenters. The molecule has 0 aliphatic rings. The predicted molar refractivity (Wildman–Crippen MR) is 115 cm³/mol. The highest BCUT2D eigenvalue weighted by Gasteiger charge is 2.21. The second-order valence-electron chi connectivity index (χ2n) is 7.01.